The number of hydrogen-bond acceptors (Lipinski definition) is 18. The zero-order valence-corrected chi connectivity index (χ0v) is 36.0. The lowest BCUT2D eigenvalue weighted by atomic mass is 10.2. The van der Waals surface area contributed by atoms with Gasteiger partial charge in [0.25, 0.3) is 0 Å². The van der Waals surface area contributed by atoms with Crippen molar-refractivity contribution in [3.63, 3.8) is 0 Å². The minimum Gasteiger partial charge on any atom is -0.494 e. The van der Waals surface area contributed by atoms with E-state index < -0.39 is 0 Å². The van der Waals surface area contributed by atoms with Crippen molar-refractivity contribution in [1.82, 2.24) is 60.5 Å². The number of aromatic nitrogens is 10. The smallest absolute Gasteiger partial charge is 0.162 e. The summed E-state index contributed by atoms with van der Waals surface area (Å²) in [5.74, 6) is 5.99. The molecule has 0 amide bonds. The van der Waals surface area contributed by atoms with Crippen molar-refractivity contribution in [2.45, 2.75) is 13.8 Å². The first-order valence-electron chi connectivity index (χ1n) is 21.1. The van der Waals surface area contributed by atoms with Gasteiger partial charge in [-0.1, -0.05) is 12.1 Å². The van der Waals surface area contributed by atoms with E-state index in [-0.39, 0.29) is 0 Å². The number of nitrogens with zero attached hydrogens (tertiary/aromatic N) is 14. The first-order valence-corrected chi connectivity index (χ1v) is 21.1. The van der Waals surface area contributed by atoms with Crippen LogP contribution in [0.3, 0.4) is 0 Å². The molecule has 10 rings (SSSR count). The van der Waals surface area contributed by atoms with Gasteiger partial charge >= 0.3 is 0 Å². The SMILES string of the molecule is COc1cncc2nc(-c3ccnc(N(c4ccc(C)cn4)N(c4ccc(C)cn4)c4cc(-c5nc(N6CCNCC6)c6c(OC)cncc6n5)ccn4)c3)nc(N3CCNCC3)c12. The van der Waals surface area contributed by atoms with Gasteiger partial charge in [0.1, 0.15) is 23.1 Å². The van der Waals surface area contributed by atoms with Gasteiger partial charge in [-0.3, -0.25) is 9.97 Å². The van der Waals surface area contributed by atoms with E-state index in [0.29, 0.717) is 57.5 Å². The molecule has 2 saturated heterocycles. The van der Waals surface area contributed by atoms with Crippen LogP contribution < -0.4 is 39.9 Å². The van der Waals surface area contributed by atoms with E-state index in [4.69, 9.17) is 49.3 Å². The number of piperazine rings is 2. The molecule has 8 aromatic rings. The number of aryl methyl sites for hydroxylation is 2. The van der Waals surface area contributed by atoms with Crippen LogP contribution in [0.1, 0.15) is 11.1 Å². The van der Waals surface area contributed by atoms with E-state index in [2.05, 4.69) is 30.4 Å². The Kier molecular flexibility index (Phi) is 11.1. The maximum atomic E-state index is 5.78. The summed E-state index contributed by atoms with van der Waals surface area (Å²) in [6, 6.07) is 15.7. The summed E-state index contributed by atoms with van der Waals surface area (Å²) in [7, 11) is 3.28. The van der Waals surface area contributed by atoms with E-state index in [1.54, 1.807) is 51.4 Å². The molecule has 2 aliphatic rings. The normalized spacial score (nSPS) is 14.2. The summed E-state index contributed by atoms with van der Waals surface area (Å²) in [5.41, 5.74) is 4.81. The second-order valence-electron chi connectivity index (χ2n) is 15.5. The summed E-state index contributed by atoms with van der Waals surface area (Å²) in [6.45, 7) is 10.5. The Morgan fingerprint density at radius 3 is 1.33 bits per heavy atom. The van der Waals surface area contributed by atoms with Gasteiger partial charge in [0.2, 0.25) is 0 Å². The van der Waals surface area contributed by atoms with Gasteiger partial charge in [-0.2, -0.15) is 0 Å². The van der Waals surface area contributed by atoms with Crippen LogP contribution >= 0.6 is 0 Å². The summed E-state index contributed by atoms with van der Waals surface area (Å²) < 4.78 is 11.6. The van der Waals surface area contributed by atoms with Gasteiger partial charge in [0.15, 0.2) is 34.9 Å². The topological polar surface area (TPSA) is 184 Å². The molecule has 0 aliphatic carbocycles. The predicted molar refractivity (Wildman–Crippen MR) is 247 cm³/mol. The minimum absolute atomic E-state index is 0.511. The second kappa shape index (κ2) is 17.6. The van der Waals surface area contributed by atoms with Crippen molar-refractivity contribution in [2.75, 3.05) is 86.4 Å². The van der Waals surface area contributed by atoms with Gasteiger partial charge in [0, 0.05) is 88.3 Å². The largest absolute Gasteiger partial charge is 0.494 e. The summed E-state index contributed by atoms with van der Waals surface area (Å²) in [4.78, 5) is 53.8. The molecular formula is C46H46N16O2. The molecule has 2 fully saturated rings. The van der Waals surface area contributed by atoms with Crippen molar-refractivity contribution < 1.29 is 9.47 Å². The third-order valence-corrected chi connectivity index (χ3v) is 11.2. The Labute approximate surface area is 369 Å². The summed E-state index contributed by atoms with van der Waals surface area (Å²) in [5, 5.41) is 12.3. The zero-order chi connectivity index (χ0) is 43.6. The lowest BCUT2D eigenvalue weighted by Gasteiger charge is -2.35. The monoisotopic (exact) mass is 854 g/mol. The predicted octanol–water partition coefficient (Wildman–Crippen LogP) is 5.62. The highest BCUT2D eigenvalue weighted by Gasteiger charge is 2.29. The second-order valence-corrected chi connectivity index (χ2v) is 15.5. The fraction of sp³-hybridized carbons (Fsp3) is 0.261. The third kappa shape index (κ3) is 7.84. The quantitative estimate of drug-likeness (QED) is 0.153. The molecule has 10 heterocycles. The number of hydrazine groups is 1. The fourth-order valence-corrected chi connectivity index (χ4v) is 8.01. The molecule has 2 N–H and O–H groups in total. The fourth-order valence-electron chi connectivity index (χ4n) is 8.01. The number of anilines is 6. The highest BCUT2D eigenvalue weighted by atomic mass is 16.5. The maximum Gasteiger partial charge on any atom is 0.162 e. The Morgan fingerprint density at radius 1 is 0.500 bits per heavy atom. The number of hydrogen-bond donors (Lipinski definition) is 2. The molecule has 0 atom stereocenters. The van der Waals surface area contributed by atoms with Crippen LogP contribution in [0.25, 0.3) is 44.6 Å². The molecule has 0 radical (unpaired) electrons. The van der Waals surface area contributed by atoms with Crippen LogP contribution in [-0.4, -0.2) is 116 Å². The molecule has 0 saturated carbocycles. The summed E-state index contributed by atoms with van der Waals surface area (Å²) in [6.07, 6.45) is 14.1. The molecule has 0 bridgehead atoms. The third-order valence-electron chi connectivity index (χ3n) is 11.2. The number of fused-ring (bicyclic) bond motifs is 2. The standard InChI is InChI=1S/C46H46N16O2/c1-29-5-7-37(53-23-29)61(39-21-31(9-11-51-39)43-55-33-25-49-27-35(63-3)41(33)45(57-43)59-17-13-47-14-18-59)62(38-8-6-30(2)24-54-38)40-22-32(10-12-52-40)44-56-34-26-50-28-36(64-4)42(34)46(58-44)60-19-15-48-16-20-60/h5-12,21-28,47-48H,13-20H2,1-4H3. The Balaban J connectivity index is 1.14. The number of methoxy groups -OCH3 is 2. The molecule has 8 aromatic heterocycles. The molecule has 18 heteroatoms. The van der Waals surface area contributed by atoms with Crippen molar-refractivity contribution in [2.24, 2.45) is 0 Å². The highest BCUT2D eigenvalue weighted by molar-refractivity contribution is 5.97. The average molecular weight is 855 g/mol. The Morgan fingerprint density at radius 2 is 0.938 bits per heavy atom. The first-order chi connectivity index (χ1) is 31.4. The maximum absolute atomic E-state index is 5.78. The van der Waals surface area contributed by atoms with Crippen molar-refractivity contribution >= 4 is 56.7 Å². The minimum atomic E-state index is 0.511. The number of ether oxygens (including phenoxy) is 2. The number of pyridine rings is 6. The van der Waals surface area contributed by atoms with E-state index in [9.17, 15) is 0 Å². The van der Waals surface area contributed by atoms with Gasteiger partial charge in [-0.05, 0) is 61.4 Å². The molecule has 18 nitrogen and oxygen atoms in total. The molecule has 322 valence electrons. The average Bonchev–Trinajstić information content (AvgIpc) is 3.35. The van der Waals surface area contributed by atoms with Crippen LogP contribution in [0, 0.1) is 13.8 Å². The van der Waals surface area contributed by atoms with Crippen molar-refractivity contribution in [3.05, 3.63) is 109 Å². The van der Waals surface area contributed by atoms with Crippen LogP contribution in [0.2, 0.25) is 0 Å². The van der Waals surface area contributed by atoms with Crippen LogP contribution in [0.15, 0.2) is 98.1 Å². The number of nitrogens with one attached hydrogen (secondary N) is 2. The van der Waals surface area contributed by atoms with Gasteiger partial charge in [-0.15, -0.1) is 0 Å². The summed E-state index contributed by atoms with van der Waals surface area (Å²) >= 11 is 0. The van der Waals surface area contributed by atoms with Crippen molar-refractivity contribution in [3.8, 4) is 34.3 Å². The molecule has 0 aromatic carbocycles. The van der Waals surface area contributed by atoms with Gasteiger partial charge in [-0.25, -0.2) is 49.9 Å². The molecular weight excluding hydrogens is 809 g/mol. The van der Waals surface area contributed by atoms with Gasteiger partial charge < -0.3 is 29.9 Å². The van der Waals surface area contributed by atoms with Gasteiger partial charge in [0.05, 0.1) is 60.8 Å². The Hall–Kier alpha value is -7.70. The van der Waals surface area contributed by atoms with E-state index in [1.807, 2.05) is 84.8 Å². The molecule has 0 unspecified atom stereocenters. The first kappa shape index (κ1) is 40.4. The van der Waals surface area contributed by atoms with Crippen molar-refractivity contribution in [1.29, 1.82) is 0 Å². The van der Waals surface area contributed by atoms with E-state index in [1.165, 1.54) is 0 Å². The Bertz CT molecular complexity index is 2740. The molecule has 0 spiro atoms. The molecule has 2 aliphatic heterocycles. The van der Waals surface area contributed by atoms with E-state index in [0.717, 1.165) is 97.0 Å². The van der Waals surface area contributed by atoms with E-state index >= 15 is 0 Å². The lowest BCUT2D eigenvalue weighted by Crippen LogP contribution is -2.44. The molecule has 64 heavy (non-hydrogen) atoms. The zero-order valence-electron chi connectivity index (χ0n) is 36.0. The number of rotatable bonds is 11. The highest BCUT2D eigenvalue weighted by Crippen LogP contribution is 2.39. The lowest BCUT2D eigenvalue weighted by molar-refractivity contribution is 0.417. The van der Waals surface area contributed by atoms with Crippen LogP contribution in [0.5, 0.6) is 11.5 Å². The van der Waals surface area contributed by atoms with Crippen LogP contribution in [-0.2, 0) is 0 Å². The van der Waals surface area contributed by atoms with Crippen LogP contribution in [0.4, 0.5) is 34.9 Å².